The van der Waals surface area contributed by atoms with Gasteiger partial charge in [0.05, 0.1) is 6.10 Å². The van der Waals surface area contributed by atoms with Gasteiger partial charge in [0.15, 0.2) is 0 Å². The van der Waals surface area contributed by atoms with Gasteiger partial charge in [-0.1, -0.05) is 13.8 Å². The van der Waals surface area contributed by atoms with Crippen molar-refractivity contribution in [2.75, 3.05) is 26.2 Å². The molecule has 3 unspecified atom stereocenters. The van der Waals surface area contributed by atoms with E-state index < -0.39 is 0 Å². The number of rotatable bonds is 6. The Hall–Kier alpha value is -0.120. The van der Waals surface area contributed by atoms with Crippen molar-refractivity contribution in [1.29, 1.82) is 0 Å². The maximum Gasteiger partial charge on any atom is 0.0613 e. The summed E-state index contributed by atoms with van der Waals surface area (Å²) in [5, 5.41) is 3.48. The fourth-order valence-corrected chi connectivity index (χ4v) is 1.98. The van der Waals surface area contributed by atoms with Gasteiger partial charge in [-0.25, -0.2) is 0 Å². The molecule has 3 nitrogen and oxygen atoms in total. The highest BCUT2D eigenvalue weighted by Gasteiger charge is 2.25. The van der Waals surface area contributed by atoms with Crippen LogP contribution in [0.15, 0.2) is 0 Å². The minimum atomic E-state index is 0.482. The van der Waals surface area contributed by atoms with Crippen molar-refractivity contribution in [3.8, 4) is 0 Å². The Bertz CT molecular complexity index is 152. The van der Waals surface area contributed by atoms with Crippen LogP contribution in [0, 0.1) is 11.8 Å². The maximum atomic E-state index is 5.63. The van der Waals surface area contributed by atoms with Crippen molar-refractivity contribution >= 4 is 0 Å². The van der Waals surface area contributed by atoms with E-state index in [0.29, 0.717) is 17.9 Å². The highest BCUT2D eigenvalue weighted by atomic mass is 16.5. The maximum absolute atomic E-state index is 5.63. The Morgan fingerprint density at radius 3 is 3.00 bits per heavy atom. The van der Waals surface area contributed by atoms with E-state index in [4.69, 9.17) is 10.5 Å². The summed E-state index contributed by atoms with van der Waals surface area (Å²) in [5.74, 6) is 1.29. The lowest BCUT2D eigenvalue weighted by atomic mass is 9.99. The molecule has 1 aliphatic heterocycles. The summed E-state index contributed by atoms with van der Waals surface area (Å²) in [6, 6.07) is 0. The molecule has 1 fully saturated rings. The number of nitrogens with one attached hydrogen (secondary N) is 1. The molecule has 0 saturated carbocycles. The lowest BCUT2D eigenvalue weighted by Gasteiger charge is -2.18. The molecule has 0 aromatic carbocycles. The third-order valence-corrected chi connectivity index (χ3v) is 3.05. The molecule has 0 amide bonds. The predicted molar refractivity (Wildman–Crippen MR) is 59.2 cm³/mol. The van der Waals surface area contributed by atoms with E-state index in [1.807, 2.05) is 0 Å². The van der Waals surface area contributed by atoms with Gasteiger partial charge in [-0.15, -0.1) is 0 Å². The molecule has 3 heteroatoms. The zero-order valence-electron chi connectivity index (χ0n) is 9.46. The lowest BCUT2D eigenvalue weighted by molar-refractivity contribution is 0.0871. The van der Waals surface area contributed by atoms with Crippen molar-refractivity contribution in [3.05, 3.63) is 0 Å². The van der Waals surface area contributed by atoms with Crippen LogP contribution in [0.2, 0.25) is 0 Å². The van der Waals surface area contributed by atoms with Gasteiger partial charge in [0.25, 0.3) is 0 Å². The first kappa shape index (κ1) is 12.0. The Morgan fingerprint density at radius 2 is 2.36 bits per heavy atom. The van der Waals surface area contributed by atoms with E-state index in [9.17, 15) is 0 Å². The molecule has 0 spiro atoms. The second kappa shape index (κ2) is 6.38. The third kappa shape index (κ3) is 3.56. The van der Waals surface area contributed by atoms with Crippen LogP contribution >= 0.6 is 0 Å². The van der Waals surface area contributed by atoms with Crippen LogP contribution < -0.4 is 11.1 Å². The second-order valence-electron chi connectivity index (χ2n) is 4.37. The van der Waals surface area contributed by atoms with Gasteiger partial charge in [-0.2, -0.15) is 0 Å². The lowest BCUT2D eigenvalue weighted by Crippen LogP contribution is -2.32. The molecule has 1 rings (SSSR count). The van der Waals surface area contributed by atoms with E-state index in [2.05, 4.69) is 19.2 Å². The monoisotopic (exact) mass is 200 g/mol. The summed E-state index contributed by atoms with van der Waals surface area (Å²) >= 11 is 0. The first-order valence-corrected chi connectivity index (χ1v) is 5.80. The van der Waals surface area contributed by atoms with Gasteiger partial charge in [-0.3, -0.25) is 0 Å². The van der Waals surface area contributed by atoms with Crippen LogP contribution in [0.4, 0.5) is 0 Å². The molecule has 0 aromatic rings. The Balaban J connectivity index is 2.11. The van der Waals surface area contributed by atoms with Gasteiger partial charge < -0.3 is 15.8 Å². The summed E-state index contributed by atoms with van der Waals surface area (Å²) in [6.45, 7) is 8.20. The van der Waals surface area contributed by atoms with E-state index in [1.165, 1.54) is 6.42 Å². The zero-order chi connectivity index (χ0) is 10.4. The van der Waals surface area contributed by atoms with Crippen LogP contribution in [0.25, 0.3) is 0 Å². The third-order valence-electron chi connectivity index (χ3n) is 3.05. The summed E-state index contributed by atoms with van der Waals surface area (Å²) in [7, 11) is 0. The standard InChI is InChI=1S/C11H24N2O/c1-3-11-10(4-5-14-11)8-13-7-9(2)6-12/h9-11,13H,3-8,12H2,1-2H3. The first-order chi connectivity index (χ1) is 6.77. The minimum Gasteiger partial charge on any atom is -0.378 e. The van der Waals surface area contributed by atoms with Gasteiger partial charge in [0.2, 0.25) is 0 Å². The molecule has 1 heterocycles. The Kier molecular flexibility index (Phi) is 5.45. The summed E-state index contributed by atoms with van der Waals surface area (Å²) < 4.78 is 5.63. The molecule has 3 atom stereocenters. The molecule has 1 saturated heterocycles. The van der Waals surface area contributed by atoms with Crippen LogP contribution in [0.3, 0.4) is 0 Å². The second-order valence-corrected chi connectivity index (χ2v) is 4.37. The van der Waals surface area contributed by atoms with Crippen LogP contribution in [-0.4, -0.2) is 32.3 Å². The van der Waals surface area contributed by atoms with Crippen LogP contribution in [0.1, 0.15) is 26.7 Å². The largest absolute Gasteiger partial charge is 0.378 e. The van der Waals surface area contributed by atoms with Crippen molar-refractivity contribution in [2.45, 2.75) is 32.8 Å². The molecular formula is C11H24N2O. The van der Waals surface area contributed by atoms with Crippen LogP contribution in [-0.2, 0) is 4.74 Å². The minimum absolute atomic E-state index is 0.482. The van der Waals surface area contributed by atoms with E-state index in [1.54, 1.807) is 0 Å². The predicted octanol–water partition coefficient (Wildman–Crippen LogP) is 0.986. The molecule has 0 bridgehead atoms. The van der Waals surface area contributed by atoms with Gasteiger partial charge in [0.1, 0.15) is 0 Å². The molecular weight excluding hydrogens is 176 g/mol. The topological polar surface area (TPSA) is 47.3 Å². The van der Waals surface area contributed by atoms with Crippen molar-refractivity contribution in [2.24, 2.45) is 17.6 Å². The molecule has 0 aliphatic carbocycles. The number of hydrogen-bond acceptors (Lipinski definition) is 3. The van der Waals surface area contributed by atoms with Crippen molar-refractivity contribution < 1.29 is 4.74 Å². The molecule has 0 radical (unpaired) electrons. The average molecular weight is 200 g/mol. The van der Waals surface area contributed by atoms with Gasteiger partial charge in [-0.05, 0) is 37.8 Å². The van der Waals surface area contributed by atoms with Gasteiger partial charge >= 0.3 is 0 Å². The Labute approximate surface area is 87.4 Å². The summed E-state index contributed by atoms with van der Waals surface area (Å²) in [6.07, 6.45) is 2.83. The average Bonchev–Trinajstić information content (AvgIpc) is 2.65. The number of ether oxygens (including phenoxy) is 1. The SMILES string of the molecule is CCC1OCCC1CNCC(C)CN. The van der Waals surface area contributed by atoms with E-state index in [0.717, 1.165) is 32.7 Å². The first-order valence-electron chi connectivity index (χ1n) is 5.80. The number of nitrogens with two attached hydrogens (primary N) is 1. The molecule has 1 aliphatic rings. The smallest absolute Gasteiger partial charge is 0.0613 e. The summed E-state index contributed by atoms with van der Waals surface area (Å²) in [4.78, 5) is 0. The Morgan fingerprint density at radius 1 is 1.57 bits per heavy atom. The van der Waals surface area contributed by atoms with E-state index in [-0.39, 0.29) is 0 Å². The zero-order valence-corrected chi connectivity index (χ0v) is 9.46. The highest BCUT2D eigenvalue weighted by Crippen LogP contribution is 2.22. The quantitative estimate of drug-likeness (QED) is 0.672. The normalized spacial score (nSPS) is 29.4. The highest BCUT2D eigenvalue weighted by molar-refractivity contribution is 4.77. The molecule has 3 N–H and O–H groups in total. The molecule has 84 valence electrons. The van der Waals surface area contributed by atoms with E-state index >= 15 is 0 Å². The van der Waals surface area contributed by atoms with Crippen molar-refractivity contribution in [3.63, 3.8) is 0 Å². The summed E-state index contributed by atoms with van der Waals surface area (Å²) in [5.41, 5.74) is 5.56. The molecule has 0 aromatic heterocycles. The van der Waals surface area contributed by atoms with Crippen molar-refractivity contribution in [1.82, 2.24) is 5.32 Å². The number of hydrogen-bond donors (Lipinski definition) is 2. The molecule has 14 heavy (non-hydrogen) atoms. The van der Waals surface area contributed by atoms with Gasteiger partial charge in [0, 0.05) is 13.2 Å². The van der Waals surface area contributed by atoms with Crippen LogP contribution in [0.5, 0.6) is 0 Å². The fourth-order valence-electron chi connectivity index (χ4n) is 1.98. The fraction of sp³-hybridized carbons (Fsp3) is 1.00.